The van der Waals surface area contributed by atoms with Gasteiger partial charge in [-0.15, -0.1) is 5.10 Å². The number of rotatable bonds is 6. The van der Waals surface area contributed by atoms with E-state index in [1.807, 2.05) is 0 Å². The third-order valence-electron chi connectivity index (χ3n) is 7.11. The molecule has 1 saturated carbocycles. The lowest BCUT2D eigenvalue weighted by molar-refractivity contribution is -0.101. The van der Waals surface area contributed by atoms with Gasteiger partial charge in [-0.2, -0.15) is 20.0 Å². The summed E-state index contributed by atoms with van der Waals surface area (Å²) in [7, 11) is 0. The second-order valence-electron chi connectivity index (χ2n) is 9.57. The number of imidazole rings is 1. The van der Waals surface area contributed by atoms with E-state index in [0.29, 0.717) is 71.3 Å². The molecule has 0 atom stereocenters. The maximum Gasteiger partial charge on any atom is 0.247 e. The normalized spacial score (nSPS) is 19.9. The molecule has 11 nitrogen and oxygen atoms in total. The zero-order valence-electron chi connectivity index (χ0n) is 19.4. The molecule has 1 aliphatic carbocycles. The fourth-order valence-electron chi connectivity index (χ4n) is 4.73. The predicted octanol–water partition coefficient (Wildman–Crippen LogP) is 2.52. The van der Waals surface area contributed by atoms with Crippen molar-refractivity contribution in [1.29, 1.82) is 10.5 Å². The minimum Gasteiger partial charge on any atom is -0.385 e. The average Bonchev–Trinajstić information content (AvgIpc) is 3.56. The van der Waals surface area contributed by atoms with E-state index in [1.54, 1.807) is 12.1 Å². The number of anilines is 3. The number of nitriles is 2. The number of nitrogens with one attached hydrogen (secondary N) is 2. The van der Waals surface area contributed by atoms with Gasteiger partial charge in [0.15, 0.2) is 17.2 Å². The zero-order chi connectivity index (χ0) is 24.9. The van der Waals surface area contributed by atoms with Gasteiger partial charge in [-0.3, -0.25) is 4.90 Å². The molecule has 2 aromatic heterocycles. The number of halogens is 1. The Bertz CT molecular complexity index is 1410. The minimum absolute atomic E-state index is 0.190. The number of benzene rings is 1. The molecule has 3 aromatic rings. The number of fused-ring (bicyclic) bond motifs is 1. The molecule has 12 heteroatoms. The largest absolute Gasteiger partial charge is 0.385 e. The number of nitrogens with zero attached hydrogens (tertiary/aromatic N) is 7. The van der Waals surface area contributed by atoms with Crippen molar-refractivity contribution in [2.75, 3.05) is 36.9 Å². The standard InChI is InChI=1S/C24H24ClN9O2/c25-20-18(24(35)3-5-33(6-4-24)17-12-36-13-17)7-14(9-26)8-19(20)30-23-31-21(29-15-1-2-15)22-28-11-16(10-27)34(22)32-23/h7-8,11,15,17,35H,1-6,12-13H2,(H2,29,30,31,32). The van der Waals surface area contributed by atoms with Crippen molar-refractivity contribution < 1.29 is 9.84 Å². The van der Waals surface area contributed by atoms with Gasteiger partial charge >= 0.3 is 0 Å². The van der Waals surface area contributed by atoms with Crippen molar-refractivity contribution in [2.24, 2.45) is 0 Å². The minimum atomic E-state index is -1.16. The van der Waals surface area contributed by atoms with Crippen molar-refractivity contribution in [1.82, 2.24) is 24.5 Å². The van der Waals surface area contributed by atoms with Gasteiger partial charge in [-0.25, -0.2) is 4.98 Å². The van der Waals surface area contributed by atoms with E-state index in [2.05, 4.69) is 42.7 Å². The Hall–Kier alpha value is -3.48. The average molecular weight is 506 g/mol. The Balaban J connectivity index is 1.34. The van der Waals surface area contributed by atoms with Gasteiger partial charge in [0.25, 0.3) is 0 Å². The Labute approximate surface area is 212 Å². The number of hydrogen-bond donors (Lipinski definition) is 3. The van der Waals surface area contributed by atoms with Crippen molar-refractivity contribution >= 4 is 34.7 Å². The summed E-state index contributed by atoms with van der Waals surface area (Å²) < 4.78 is 6.73. The maximum absolute atomic E-state index is 11.6. The Morgan fingerprint density at radius 1 is 1.17 bits per heavy atom. The molecule has 2 aliphatic heterocycles. The molecule has 0 unspecified atom stereocenters. The van der Waals surface area contributed by atoms with E-state index >= 15 is 0 Å². The lowest BCUT2D eigenvalue weighted by Crippen LogP contribution is -2.54. The summed E-state index contributed by atoms with van der Waals surface area (Å²) in [5.74, 6) is 0.699. The number of hydrogen-bond acceptors (Lipinski definition) is 10. The topological polar surface area (TPSA) is 147 Å². The van der Waals surface area contributed by atoms with Gasteiger partial charge in [-0.1, -0.05) is 11.6 Å². The van der Waals surface area contributed by atoms with Gasteiger partial charge in [0, 0.05) is 24.7 Å². The molecule has 3 aliphatic rings. The highest BCUT2D eigenvalue weighted by atomic mass is 35.5. The van der Waals surface area contributed by atoms with Gasteiger partial charge in [-0.05, 0) is 37.8 Å². The summed E-state index contributed by atoms with van der Waals surface area (Å²) in [6, 6.07) is 8.22. The first-order chi connectivity index (χ1) is 17.5. The molecule has 0 amide bonds. The fourth-order valence-corrected chi connectivity index (χ4v) is 5.06. The molecule has 184 valence electrons. The highest BCUT2D eigenvalue weighted by molar-refractivity contribution is 6.34. The van der Waals surface area contributed by atoms with Crippen LogP contribution in [0.3, 0.4) is 0 Å². The van der Waals surface area contributed by atoms with Gasteiger partial charge in [0.2, 0.25) is 5.95 Å². The number of ether oxygens (including phenoxy) is 1. The van der Waals surface area contributed by atoms with Crippen molar-refractivity contribution in [3.05, 3.63) is 40.2 Å². The van der Waals surface area contributed by atoms with Crippen LogP contribution in [-0.4, -0.2) is 68.0 Å². The van der Waals surface area contributed by atoms with Crippen LogP contribution >= 0.6 is 11.6 Å². The van der Waals surface area contributed by atoms with Crippen LogP contribution in [0.1, 0.15) is 42.5 Å². The third-order valence-corrected chi connectivity index (χ3v) is 7.51. The van der Waals surface area contributed by atoms with Crippen LogP contribution in [0.2, 0.25) is 5.02 Å². The highest BCUT2D eigenvalue weighted by Crippen LogP contribution is 2.42. The fraction of sp³-hybridized carbons (Fsp3) is 0.458. The summed E-state index contributed by atoms with van der Waals surface area (Å²) in [4.78, 5) is 11.2. The first-order valence-corrected chi connectivity index (χ1v) is 12.3. The second-order valence-corrected chi connectivity index (χ2v) is 9.95. The summed E-state index contributed by atoms with van der Waals surface area (Å²) in [6.45, 7) is 2.88. The van der Waals surface area contributed by atoms with Gasteiger partial charge in [0.1, 0.15) is 6.07 Å². The van der Waals surface area contributed by atoms with E-state index < -0.39 is 5.60 Å². The smallest absolute Gasteiger partial charge is 0.247 e. The van der Waals surface area contributed by atoms with Gasteiger partial charge in [0.05, 0.1) is 53.4 Å². The molecule has 0 spiro atoms. The number of likely N-dealkylation sites (tertiary alicyclic amines) is 1. The molecule has 2 saturated heterocycles. The van der Waals surface area contributed by atoms with Crippen LogP contribution in [0.25, 0.3) is 5.65 Å². The molecular formula is C24H24ClN9O2. The van der Waals surface area contributed by atoms with Gasteiger partial charge < -0.3 is 20.5 Å². The van der Waals surface area contributed by atoms with Crippen LogP contribution in [-0.2, 0) is 10.3 Å². The Morgan fingerprint density at radius 2 is 1.94 bits per heavy atom. The number of piperidine rings is 1. The molecule has 1 aromatic carbocycles. The SMILES string of the molecule is N#Cc1cc(Nc2nc(NC3CC3)c3ncc(C#N)n3n2)c(Cl)c(C2(O)CCN(C3COC3)CC2)c1. The van der Waals surface area contributed by atoms with Crippen LogP contribution in [0.5, 0.6) is 0 Å². The summed E-state index contributed by atoms with van der Waals surface area (Å²) >= 11 is 6.83. The van der Waals surface area contributed by atoms with Crippen LogP contribution in [0.15, 0.2) is 18.3 Å². The summed E-state index contributed by atoms with van der Waals surface area (Å²) in [5.41, 5.74) is 0.836. The van der Waals surface area contributed by atoms with Crippen LogP contribution in [0.4, 0.5) is 17.5 Å². The van der Waals surface area contributed by atoms with E-state index in [4.69, 9.17) is 16.3 Å². The first-order valence-electron chi connectivity index (χ1n) is 11.9. The number of aliphatic hydroxyl groups is 1. The Morgan fingerprint density at radius 3 is 2.58 bits per heavy atom. The van der Waals surface area contributed by atoms with E-state index in [1.165, 1.54) is 10.7 Å². The first kappa shape index (κ1) is 23.0. The van der Waals surface area contributed by atoms with Crippen molar-refractivity contribution in [2.45, 2.75) is 43.4 Å². The van der Waals surface area contributed by atoms with E-state index in [9.17, 15) is 15.6 Å². The molecule has 4 heterocycles. The maximum atomic E-state index is 11.6. The quantitative estimate of drug-likeness (QED) is 0.456. The predicted molar refractivity (Wildman–Crippen MR) is 131 cm³/mol. The summed E-state index contributed by atoms with van der Waals surface area (Å²) in [5, 5.41) is 42.0. The van der Waals surface area contributed by atoms with E-state index in [-0.39, 0.29) is 11.6 Å². The molecule has 36 heavy (non-hydrogen) atoms. The highest BCUT2D eigenvalue weighted by Gasteiger charge is 2.39. The monoisotopic (exact) mass is 505 g/mol. The zero-order valence-corrected chi connectivity index (χ0v) is 20.2. The molecule has 6 rings (SSSR count). The number of aromatic nitrogens is 4. The molecule has 0 bridgehead atoms. The third kappa shape index (κ3) is 4.10. The molecular weight excluding hydrogens is 482 g/mol. The molecule has 3 fully saturated rings. The molecule has 3 N–H and O–H groups in total. The molecule has 0 radical (unpaired) electrons. The van der Waals surface area contributed by atoms with Crippen molar-refractivity contribution in [3.8, 4) is 12.1 Å². The van der Waals surface area contributed by atoms with Crippen LogP contribution in [0, 0.1) is 22.7 Å². The van der Waals surface area contributed by atoms with Crippen molar-refractivity contribution in [3.63, 3.8) is 0 Å². The second kappa shape index (κ2) is 8.87. The lowest BCUT2D eigenvalue weighted by Gasteiger charge is -2.44. The van der Waals surface area contributed by atoms with E-state index in [0.717, 1.165) is 26.1 Å². The summed E-state index contributed by atoms with van der Waals surface area (Å²) in [6.07, 6.45) is 4.51. The van der Waals surface area contributed by atoms with Crippen LogP contribution < -0.4 is 10.6 Å². The lowest BCUT2D eigenvalue weighted by atomic mass is 9.83. The Kier molecular flexibility index (Phi) is 5.66.